The Morgan fingerprint density at radius 3 is 2.42 bits per heavy atom. The average Bonchev–Trinajstić information content (AvgIpc) is 3.23. The zero-order valence-electron chi connectivity index (χ0n) is 13.8. The second kappa shape index (κ2) is 6.15. The minimum absolute atomic E-state index is 0.0190. The van der Waals surface area contributed by atoms with Gasteiger partial charge in [-0.2, -0.15) is 0 Å². The van der Waals surface area contributed by atoms with Gasteiger partial charge in [-0.15, -0.1) is 0 Å². The predicted octanol–water partition coefficient (Wildman–Crippen LogP) is 2.71. The van der Waals surface area contributed by atoms with Gasteiger partial charge in [0.15, 0.2) is 5.78 Å². The Labute approximate surface area is 149 Å². The number of anilines is 1. The van der Waals surface area contributed by atoms with E-state index in [1.54, 1.807) is 30.3 Å². The molecule has 2 heterocycles. The first-order chi connectivity index (χ1) is 12.6. The van der Waals surface area contributed by atoms with Crippen molar-refractivity contribution in [1.82, 2.24) is 4.98 Å². The van der Waals surface area contributed by atoms with Gasteiger partial charge in [0.05, 0.1) is 11.6 Å². The number of rotatable bonds is 4. The van der Waals surface area contributed by atoms with Gasteiger partial charge in [-0.3, -0.25) is 14.4 Å². The summed E-state index contributed by atoms with van der Waals surface area (Å²) in [5.41, 5.74) is 1.62. The molecule has 2 atom stereocenters. The van der Waals surface area contributed by atoms with E-state index in [0.29, 0.717) is 5.69 Å². The normalized spacial score (nSPS) is 19.8. The van der Waals surface area contributed by atoms with Crippen molar-refractivity contribution in [2.45, 2.75) is 0 Å². The number of nitrogens with zero attached hydrogens (tertiary/aromatic N) is 1. The lowest BCUT2D eigenvalue weighted by molar-refractivity contribution is -0.143. The molecule has 1 aliphatic rings. The number of H-pyrrole nitrogens is 1. The van der Waals surface area contributed by atoms with Gasteiger partial charge < -0.3 is 15.0 Å². The van der Waals surface area contributed by atoms with Gasteiger partial charge in [0, 0.05) is 23.1 Å². The van der Waals surface area contributed by atoms with Crippen LogP contribution in [0.15, 0.2) is 60.7 Å². The van der Waals surface area contributed by atoms with Crippen molar-refractivity contribution in [2.75, 3.05) is 11.4 Å². The number of carbonyl (C=O) groups is 3. The summed E-state index contributed by atoms with van der Waals surface area (Å²) in [5, 5.41) is 10.4. The molecule has 26 heavy (non-hydrogen) atoms. The number of amides is 1. The number of Topliss-reactive ketones (excluding diaryl/α,β-unsaturated/α-hetero) is 1. The van der Waals surface area contributed by atoms with Crippen molar-refractivity contribution in [1.29, 1.82) is 0 Å². The summed E-state index contributed by atoms with van der Waals surface area (Å²) in [5.74, 6) is -4.43. The van der Waals surface area contributed by atoms with Gasteiger partial charge in [0.25, 0.3) is 0 Å². The summed E-state index contributed by atoms with van der Waals surface area (Å²) in [6.07, 6.45) is 0. The quantitative estimate of drug-likeness (QED) is 0.560. The molecule has 0 spiro atoms. The van der Waals surface area contributed by atoms with E-state index in [1.807, 2.05) is 30.3 Å². The molecule has 1 aromatic heterocycles. The molecule has 1 amide bonds. The highest BCUT2D eigenvalue weighted by Crippen LogP contribution is 2.32. The third kappa shape index (κ3) is 2.56. The maximum atomic E-state index is 13.0. The molecule has 130 valence electrons. The highest BCUT2D eigenvalue weighted by molar-refractivity contribution is 6.18. The number of hydrogen-bond donors (Lipinski definition) is 2. The van der Waals surface area contributed by atoms with Crippen LogP contribution in [0.4, 0.5) is 5.69 Å². The van der Waals surface area contributed by atoms with Gasteiger partial charge in [-0.1, -0.05) is 36.4 Å². The average molecular weight is 348 g/mol. The molecule has 6 nitrogen and oxygen atoms in total. The van der Waals surface area contributed by atoms with Crippen LogP contribution in [0, 0.1) is 11.8 Å². The topological polar surface area (TPSA) is 90.5 Å². The lowest BCUT2D eigenvalue weighted by Crippen LogP contribution is -2.32. The van der Waals surface area contributed by atoms with E-state index in [2.05, 4.69) is 4.98 Å². The second-order valence-electron chi connectivity index (χ2n) is 6.34. The standard InChI is InChI=1S/C20H16N2O4/c23-18(16-10-12-6-4-5-9-15(12)21-16)17-14(20(25)26)11-22(19(17)24)13-7-2-1-3-8-13/h1-10,14,17,21H,11H2,(H,25,26)/t14-,17-/m0/s1. The molecular formula is C20H16N2O4. The number of carboxylic acids is 1. The molecule has 0 bridgehead atoms. The fraction of sp³-hybridized carbons (Fsp3) is 0.150. The molecule has 0 aliphatic carbocycles. The second-order valence-corrected chi connectivity index (χ2v) is 6.34. The van der Waals surface area contributed by atoms with E-state index in [1.165, 1.54) is 4.90 Å². The van der Waals surface area contributed by atoms with Gasteiger partial charge in [0.2, 0.25) is 5.91 Å². The number of aromatic nitrogens is 1. The summed E-state index contributed by atoms with van der Waals surface area (Å²) in [6.45, 7) is -0.0190. The first-order valence-electron chi connectivity index (χ1n) is 8.27. The number of ketones is 1. The van der Waals surface area contributed by atoms with Gasteiger partial charge in [-0.25, -0.2) is 0 Å². The van der Waals surface area contributed by atoms with Crippen LogP contribution < -0.4 is 4.90 Å². The molecule has 4 rings (SSSR count). The third-order valence-electron chi connectivity index (χ3n) is 4.78. The van der Waals surface area contributed by atoms with Crippen LogP contribution in [0.2, 0.25) is 0 Å². The van der Waals surface area contributed by atoms with Crippen LogP contribution in [-0.4, -0.2) is 34.3 Å². The molecule has 1 saturated heterocycles. The number of carbonyl (C=O) groups excluding carboxylic acids is 2. The van der Waals surface area contributed by atoms with Crippen molar-refractivity contribution in [3.8, 4) is 0 Å². The van der Waals surface area contributed by atoms with E-state index in [0.717, 1.165) is 10.9 Å². The molecule has 1 aliphatic heterocycles. The Kier molecular flexibility index (Phi) is 3.80. The first kappa shape index (κ1) is 16.1. The predicted molar refractivity (Wildman–Crippen MR) is 96.0 cm³/mol. The maximum Gasteiger partial charge on any atom is 0.309 e. The number of nitrogens with one attached hydrogen (secondary N) is 1. The Bertz CT molecular complexity index is 976. The highest BCUT2D eigenvalue weighted by Gasteiger charge is 2.49. The zero-order valence-corrected chi connectivity index (χ0v) is 13.8. The zero-order chi connectivity index (χ0) is 18.3. The third-order valence-corrected chi connectivity index (χ3v) is 4.78. The smallest absolute Gasteiger partial charge is 0.309 e. The van der Waals surface area contributed by atoms with E-state index in [4.69, 9.17) is 0 Å². The fourth-order valence-corrected chi connectivity index (χ4v) is 3.46. The Hall–Kier alpha value is -3.41. The molecule has 1 fully saturated rings. The van der Waals surface area contributed by atoms with Crippen molar-refractivity contribution < 1.29 is 19.5 Å². The molecular weight excluding hydrogens is 332 g/mol. The van der Waals surface area contributed by atoms with E-state index < -0.39 is 29.5 Å². The van der Waals surface area contributed by atoms with Gasteiger partial charge in [0.1, 0.15) is 5.92 Å². The number of carboxylic acid groups (broad SMARTS) is 1. The first-order valence-corrected chi connectivity index (χ1v) is 8.27. The summed E-state index contributed by atoms with van der Waals surface area (Å²) >= 11 is 0. The SMILES string of the molecule is O=C(c1cc2ccccc2[nH]1)[C@H]1C(=O)N(c2ccccc2)C[C@@H]1C(=O)O. The van der Waals surface area contributed by atoms with Crippen LogP contribution in [0.25, 0.3) is 10.9 Å². The minimum Gasteiger partial charge on any atom is -0.481 e. The number of aromatic amines is 1. The number of para-hydroxylation sites is 2. The van der Waals surface area contributed by atoms with Crippen molar-refractivity contribution in [3.05, 3.63) is 66.4 Å². The van der Waals surface area contributed by atoms with Gasteiger partial charge >= 0.3 is 5.97 Å². The van der Waals surface area contributed by atoms with E-state index in [-0.39, 0.29) is 12.2 Å². The number of hydrogen-bond acceptors (Lipinski definition) is 3. The van der Waals surface area contributed by atoms with Crippen LogP contribution in [-0.2, 0) is 9.59 Å². The largest absolute Gasteiger partial charge is 0.481 e. The molecule has 0 saturated carbocycles. The van der Waals surface area contributed by atoms with Crippen molar-refractivity contribution >= 4 is 34.3 Å². The monoisotopic (exact) mass is 348 g/mol. The lowest BCUT2D eigenvalue weighted by Gasteiger charge is -2.16. The molecule has 3 aromatic rings. The Morgan fingerprint density at radius 2 is 1.73 bits per heavy atom. The van der Waals surface area contributed by atoms with Crippen LogP contribution in [0.3, 0.4) is 0 Å². The van der Waals surface area contributed by atoms with Crippen molar-refractivity contribution in [2.24, 2.45) is 11.8 Å². The molecule has 2 N–H and O–H groups in total. The molecule has 0 unspecified atom stereocenters. The van der Waals surface area contributed by atoms with E-state index >= 15 is 0 Å². The van der Waals surface area contributed by atoms with Gasteiger partial charge in [-0.05, 0) is 24.3 Å². The van der Waals surface area contributed by atoms with Crippen LogP contribution in [0.5, 0.6) is 0 Å². The maximum absolute atomic E-state index is 13.0. The Morgan fingerprint density at radius 1 is 1.04 bits per heavy atom. The van der Waals surface area contributed by atoms with E-state index in [9.17, 15) is 19.5 Å². The minimum atomic E-state index is -1.24. The summed E-state index contributed by atoms with van der Waals surface area (Å²) in [7, 11) is 0. The van der Waals surface area contributed by atoms with Crippen molar-refractivity contribution in [3.63, 3.8) is 0 Å². The Balaban J connectivity index is 1.71. The molecule has 6 heteroatoms. The van der Waals surface area contributed by atoms with Crippen LogP contribution >= 0.6 is 0 Å². The molecule has 0 radical (unpaired) electrons. The molecule has 2 aromatic carbocycles. The summed E-state index contributed by atoms with van der Waals surface area (Å²) in [6, 6.07) is 17.8. The lowest BCUT2D eigenvalue weighted by atomic mass is 9.90. The number of fused-ring (bicyclic) bond motifs is 1. The summed E-state index contributed by atoms with van der Waals surface area (Å²) < 4.78 is 0. The highest BCUT2D eigenvalue weighted by atomic mass is 16.4. The number of aliphatic carboxylic acids is 1. The fourth-order valence-electron chi connectivity index (χ4n) is 3.46. The summed E-state index contributed by atoms with van der Waals surface area (Å²) in [4.78, 5) is 41.9. The number of benzene rings is 2. The van der Waals surface area contributed by atoms with Crippen LogP contribution in [0.1, 0.15) is 10.5 Å².